The number of fused-ring (bicyclic) bond motifs is 8. The molecule has 0 N–H and O–H groups in total. The normalized spacial score (nSPS) is 11.5. The van der Waals surface area contributed by atoms with Crippen molar-refractivity contribution in [2.75, 3.05) is 4.90 Å². The number of anilines is 3. The zero-order valence-corrected chi connectivity index (χ0v) is 25.1. The van der Waals surface area contributed by atoms with E-state index in [2.05, 4.69) is 181 Å². The Labute approximate surface area is 267 Å². The van der Waals surface area contributed by atoms with E-state index in [1.165, 1.54) is 27.3 Å². The van der Waals surface area contributed by atoms with E-state index < -0.39 is 0 Å². The molecule has 0 saturated carbocycles. The van der Waals surface area contributed by atoms with Crippen molar-refractivity contribution >= 4 is 60.5 Å². The minimum Gasteiger partial charge on any atom is -0.455 e. The number of para-hydroxylation sites is 1. The second-order valence-corrected chi connectivity index (χ2v) is 11.7. The third-order valence-corrected chi connectivity index (χ3v) is 9.04. The summed E-state index contributed by atoms with van der Waals surface area (Å²) in [5, 5.41) is 7.06. The maximum absolute atomic E-state index is 7.07. The quantitative estimate of drug-likeness (QED) is 0.186. The van der Waals surface area contributed by atoms with Gasteiger partial charge in [-0.2, -0.15) is 0 Å². The van der Waals surface area contributed by atoms with Crippen LogP contribution in [-0.2, 0) is 0 Å². The number of hydrogen-bond donors (Lipinski definition) is 0. The first-order valence-electron chi connectivity index (χ1n) is 15.7. The Bertz CT molecular complexity index is 2500. The van der Waals surface area contributed by atoms with Gasteiger partial charge >= 0.3 is 0 Å². The highest BCUT2D eigenvalue weighted by atomic mass is 16.3. The van der Waals surface area contributed by atoms with E-state index in [0.717, 1.165) is 55.5 Å². The van der Waals surface area contributed by atoms with Gasteiger partial charge in [0, 0.05) is 33.1 Å². The molecule has 0 spiro atoms. The molecule has 0 amide bonds. The van der Waals surface area contributed by atoms with Crippen molar-refractivity contribution in [2.45, 2.75) is 0 Å². The Morgan fingerprint density at radius 2 is 0.826 bits per heavy atom. The molecule has 0 aliphatic rings. The van der Waals surface area contributed by atoms with Gasteiger partial charge in [-0.1, -0.05) is 140 Å². The lowest BCUT2D eigenvalue weighted by Gasteiger charge is -2.28. The summed E-state index contributed by atoms with van der Waals surface area (Å²) in [5.74, 6) is 0. The monoisotopic (exact) mass is 587 g/mol. The summed E-state index contributed by atoms with van der Waals surface area (Å²) >= 11 is 0. The minimum absolute atomic E-state index is 0.891. The van der Waals surface area contributed by atoms with Crippen molar-refractivity contribution in [3.63, 3.8) is 0 Å². The summed E-state index contributed by atoms with van der Waals surface area (Å²) in [7, 11) is 0. The van der Waals surface area contributed by atoms with Gasteiger partial charge in [-0.25, -0.2) is 0 Å². The molecule has 0 bridgehead atoms. The Balaban J connectivity index is 1.36. The largest absolute Gasteiger partial charge is 0.455 e. The lowest BCUT2D eigenvalue weighted by Crippen LogP contribution is -2.11. The number of furan rings is 1. The Morgan fingerprint density at radius 1 is 0.326 bits per heavy atom. The highest BCUT2D eigenvalue weighted by Gasteiger charge is 2.24. The third-order valence-electron chi connectivity index (χ3n) is 9.04. The van der Waals surface area contributed by atoms with Crippen LogP contribution in [0.15, 0.2) is 180 Å². The molecule has 0 atom stereocenters. The average Bonchev–Trinajstić information content (AvgIpc) is 3.53. The Morgan fingerprint density at radius 3 is 1.50 bits per heavy atom. The van der Waals surface area contributed by atoms with Crippen LogP contribution in [0.25, 0.3) is 65.7 Å². The lowest BCUT2D eigenvalue weighted by atomic mass is 9.95. The van der Waals surface area contributed by atoms with Crippen LogP contribution >= 0.6 is 0 Å². The van der Waals surface area contributed by atoms with Gasteiger partial charge in [-0.15, -0.1) is 0 Å². The summed E-state index contributed by atoms with van der Waals surface area (Å²) in [5.41, 5.74) is 9.61. The lowest BCUT2D eigenvalue weighted by molar-refractivity contribution is 0.674. The summed E-state index contributed by atoms with van der Waals surface area (Å²) in [6, 6.07) is 62.4. The van der Waals surface area contributed by atoms with Crippen molar-refractivity contribution in [1.82, 2.24) is 0 Å². The number of nitrogens with zero attached hydrogens (tertiary/aromatic N) is 1. The van der Waals surface area contributed by atoms with Crippen LogP contribution in [-0.4, -0.2) is 0 Å². The van der Waals surface area contributed by atoms with Gasteiger partial charge in [0.25, 0.3) is 0 Å². The molecule has 9 rings (SSSR count). The van der Waals surface area contributed by atoms with Gasteiger partial charge in [0.2, 0.25) is 0 Å². The van der Waals surface area contributed by atoms with E-state index >= 15 is 0 Å². The van der Waals surface area contributed by atoms with Crippen molar-refractivity contribution in [1.29, 1.82) is 0 Å². The maximum Gasteiger partial charge on any atom is 0.145 e. The zero-order chi connectivity index (χ0) is 30.5. The molecule has 216 valence electrons. The van der Waals surface area contributed by atoms with Crippen molar-refractivity contribution in [3.05, 3.63) is 176 Å². The molecule has 1 aromatic heterocycles. The smallest absolute Gasteiger partial charge is 0.145 e. The van der Waals surface area contributed by atoms with Gasteiger partial charge in [-0.05, 0) is 69.2 Å². The molecule has 2 heteroatoms. The number of rotatable bonds is 5. The maximum atomic E-state index is 7.07. The molecule has 0 aliphatic carbocycles. The van der Waals surface area contributed by atoms with Crippen LogP contribution in [0, 0.1) is 0 Å². The fraction of sp³-hybridized carbons (Fsp3) is 0. The Hall–Kier alpha value is -6.12. The van der Waals surface area contributed by atoms with Crippen LogP contribution in [0.1, 0.15) is 0 Å². The van der Waals surface area contributed by atoms with Crippen molar-refractivity contribution in [2.24, 2.45) is 0 Å². The first-order chi connectivity index (χ1) is 22.8. The van der Waals surface area contributed by atoms with Crippen molar-refractivity contribution in [3.8, 4) is 22.3 Å². The van der Waals surface area contributed by atoms with E-state index in [4.69, 9.17) is 4.42 Å². The minimum atomic E-state index is 0.891. The van der Waals surface area contributed by atoms with Crippen LogP contribution in [0.2, 0.25) is 0 Å². The predicted octanol–water partition coefficient (Wildman–Crippen LogP) is 12.7. The summed E-state index contributed by atoms with van der Waals surface area (Å²) in [6.45, 7) is 0. The molecule has 8 aromatic carbocycles. The number of hydrogen-bond acceptors (Lipinski definition) is 2. The fourth-order valence-corrected chi connectivity index (χ4v) is 6.97. The second-order valence-electron chi connectivity index (χ2n) is 11.7. The molecule has 0 saturated heterocycles. The fourth-order valence-electron chi connectivity index (χ4n) is 6.97. The van der Waals surface area contributed by atoms with Crippen molar-refractivity contribution < 1.29 is 4.42 Å². The topological polar surface area (TPSA) is 16.4 Å². The molecule has 1 heterocycles. The van der Waals surface area contributed by atoms with Gasteiger partial charge in [-0.3, -0.25) is 0 Å². The molecular formula is C44H29NO. The molecule has 2 nitrogen and oxygen atoms in total. The van der Waals surface area contributed by atoms with Gasteiger partial charge in [0.05, 0.1) is 5.69 Å². The zero-order valence-electron chi connectivity index (χ0n) is 25.1. The van der Waals surface area contributed by atoms with Gasteiger partial charge in [0.1, 0.15) is 11.2 Å². The van der Waals surface area contributed by atoms with E-state index in [1.54, 1.807) is 0 Å². The molecule has 46 heavy (non-hydrogen) atoms. The van der Waals surface area contributed by atoms with Crippen LogP contribution in [0.3, 0.4) is 0 Å². The highest BCUT2D eigenvalue weighted by Crippen LogP contribution is 2.49. The third kappa shape index (κ3) is 4.19. The summed E-state index contributed by atoms with van der Waals surface area (Å²) in [4.78, 5) is 2.35. The van der Waals surface area contributed by atoms with E-state index in [1.807, 2.05) is 0 Å². The number of benzene rings is 8. The Kier molecular flexibility index (Phi) is 6.17. The van der Waals surface area contributed by atoms with Crippen LogP contribution < -0.4 is 4.90 Å². The van der Waals surface area contributed by atoms with E-state index in [0.29, 0.717) is 0 Å². The van der Waals surface area contributed by atoms with E-state index in [9.17, 15) is 0 Å². The first-order valence-corrected chi connectivity index (χ1v) is 15.7. The van der Waals surface area contributed by atoms with Crippen LogP contribution in [0.5, 0.6) is 0 Å². The van der Waals surface area contributed by atoms with E-state index in [-0.39, 0.29) is 0 Å². The standard InChI is InChI=1S/C44H29NO/c1-4-14-30(15-5-1)31-24-26-34(27-25-31)45(33-18-8-3-9-19-33)40-29-28-39-42-37-22-12-10-20-35(37)36-21-11-13-23-38(36)43(42)46-44(39)41(40)32-16-6-2-7-17-32/h1-29H. The van der Waals surface area contributed by atoms with Crippen LogP contribution in [0.4, 0.5) is 17.1 Å². The van der Waals surface area contributed by atoms with Gasteiger partial charge < -0.3 is 9.32 Å². The SMILES string of the molecule is c1ccc(-c2ccc(N(c3ccccc3)c3ccc4c(oc5c6ccccc6c6ccccc6c45)c3-c3ccccc3)cc2)cc1. The molecule has 0 fully saturated rings. The summed E-state index contributed by atoms with van der Waals surface area (Å²) < 4.78 is 7.07. The molecule has 0 radical (unpaired) electrons. The molecule has 0 aliphatic heterocycles. The second kappa shape index (κ2) is 10.8. The predicted molar refractivity (Wildman–Crippen MR) is 194 cm³/mol. The van der Waals surface area contributed by atoms with Gasteiger partial charge in [0.15, 0.2) is 0 Å². The molecule has 9 aromatic rings. The molecule has 0 unspecified atom stereocenters. The summed E-state index contributed by atoms with van der Waals surface area (Å²) in [6.07, 6.45) is 0. The average molecular weight is 588 g/mol. The first kappa shape index (κ1) is 26.3. The molecular weight excluding hydrogens is 558 g/mol. The highest BCUT2D eigenvalue weighted by molar-refractivity contribution is 6.31.